The molecule has 1 amide bonds. The van der Waals surface area contributed by atoms with E-state index in [0.29, 0.717) is 24.7 Å². The zero-order chi connectivity index (χ0) is 14.1. The molecule has 0 radical (unpaired) electrons. The van der Waals surface area contributed by atoms with Crippen molar-refractivity contribution in [2.24, 2.45) is 0 Å². The van der Waals surface area contributed by atoms with Crippen LogP contribution in [0.3, 0.4) is 0 Å². The maximum Gasteiger partial charge on any atom is 0.239 e. The van der Waals surface area contributed by atoms with E-state index in [0.717, 1.165) is 17.4 Å². The van der Waals surface area contributed by atoms with Crippen molar-refractivity contribution in [2.45, 2.75) is 19.5 Å². The highest BCUT2D eigenvalue weighted by atomic mass is 16.2. The number of fused-ring (bicyclic) bond motifs is 1. The van der Waals surface area contributed by atoms with Gasteiger partial charge in [-0.25, -0.2) is 9.97 Å². The van der Waals surface area contributed by atoms with Crippen molar-refractivity contribution >= 4 is 22.6 Å². The van der Waals surface area contributed by atoms with E-state index in [4.69, 9.17) is 5.73 Å². The quantitative estimate of drug-likeness (QED) is 0.832. The van der Waals surface area contributed by atoms with Crippen LogP contribution in [0.25, 0.3) is 10.9 Å². The lowest BCUT2D eigenvalue weighted by Crippen LogP contribution is -2.53. The normalized spacial score (nSPS) is 19.6. The molecule has 6 nitrogen and oxygen atoms in total. The number of nitrogen functional groups attached to an aromatic ring is 1. The molecule has 3 N–H and O–H groups in total. The Morgan fingerprint density at radius 1 is 1.40 bits per heavy atom. The van der Waals surface area contributed by atoms with Crippen molar-refractivity contribution in [3.05, 3.63) is 30.1 Å². The number of carbonyl (C=O) groups excluding carboxylic acids is 1. The average Bonchev–Trinajstić information content (AvgIpc) is 2.44. The highest BCUT2D eigenvalue weighted by Gasteiger charge is 2.25. The summed E-state index contributed by atoms with van der Waals surface area (Å²) in [5, 5.41) is 3.98. The Bertz CT molecular complexity index is 657. The molecule has 0 spiro atoms. The Labute approximate surface area is 117 Å². The number of anilines is 1. The molecule has 1 unspecified atom stereocenters. The Hall–Kier alpha value is -2.21. The lowest BCUT2D eigenvalue weighted by Gasteiger charge is -2.31. The maximum atomic E-state index is 12.1. The Balaban J connectivity index is 1.89. The number of piperazine rings is 1. The molecule has 2 heterocycles. The van der Waals surface area contributed by atoms with E-state index >= 15 is 0 Å². The fourth-order valence-electron chi connectivity index (χ4n) is 2.44. The van der Waals surface area contributed by atoms with Crippen molar-refractivity contribution < 1.29 is 4.79 Å². The molecular weight excluding hydrogens is 254 g/mol. The van der Waals surface area contributed by atoms with Crippen molar-refractivity contribution in [2.75, 3.05) is 18.8 Å². The van der Waals surface area contributed by atoms with Crippen LogP contribution in [0.5, 0.6) is 0 Å². The van der Waals surface area contributed by atoms with Gasteiger partial charge < -0.3 is 16.0 Å². The first-order valence-electron chi connectivity index (χ1n) is 6.68. The van der Waals surface area contributed by atoms with Crippen molar-refractivity contribution in [1.82, 2.24) is 20.2 Å². The van der Waals surface area contributed by atoms with Crippen LogP contribution in [0.4, 0.5) is 5.82 Å². The van der Waals surface area contributed by atoms with Gasteiger partial charge in [-0.05, 0) is 19.1 Å². The highest BCUT2D eigenvalue weighted by Crippen LogP contribution is 2.18. The van der Waals surface area contributed by atoms with E-state index < -0.39 is 0 Å². The van der Waals surface area contributed by atoms with Gasteiger partial charge in [0.1, 0.15) is 5.82 Å². The second-order valence-corrected chi connectivity index (χ2v) is 4.98. The van der Waals surface area contributed by atoms with Crippen LogP contribution in [0, 0.1) is 0 Å². The number of hydrogen-bond acceptors (Lipinski definition) is 5. The van der Waals surface area contributed by atoms with Gasteiger partial charge in [-0.1, -0.05) is 12.1 Å². The number of carbonyl (C=O) groups is 1. The van der Waals surface area contributed by atoms with Crippen LogP contribution >= 0.6 is 0 Å². The van der Waals surface area contributed by atoms with Crippen LogP contribution in [0.1, 0.15) is 12.7 Å². The molecule has 104 valence electrons. The molecule has 1 aromatic carbocycles. The summed E-state index contributed by atoms with van der Waals surface area (Å²) in [5.74, 6) is 1.12. The molecule has 0 saturated carbocycles. The van der Waals surface area contributed by atoms with Gasteiger partial charge in [-0.3, -0.25) is 4.79 Å². The summed E-state index contributed by atoms with van der Waals surface area (Å²) < 4.78 is 0. The van der Waals surface area contributed by atoms with Gasteiger partial charge in [0.05, 0.1) is 18.1 Å². The standard InChI is InChI=1S/C14H17N5O/c1-9-14(20)19(7-6-16-9)8-12-17-11-5-3-2-4-10(11)13(15)18-12/h2-5,9,16H,6-8H2,1H3,(H2,15,17,18). The molecule has 0 aliphatic carbocycles. The van der Waals surface area contributed by atoms with E-state index in [2.05, 4.69) is 15.3 Å². The second kappa shape index (κ2) is 5.05. The molecule has 3 rings (SSSR count). The smallest absolute Gasteiger partial charge is 0.239 e. The molecule has 1 atom stereocenters. The monoisotopic (exact) mass is 271 g/mol. The summed E-state index contributed by atoms with van der Waals surface area (Å²) >= 11 is 0. The minimum absolute atomic E-state index is 0.0755. The summed E-state index contributed by atoms with van der Waals surface area (Å²) in [7, 11) is 0. The van der Waals surface area contributed by atoms with Crippen LogP contribution < -0.4 is 11.1 Å². The molecule has 1 fully saturated rings. The predicted octanol–water partition coefficient (Wildman–Crippen LogP) is 0.532. The van der Waals surface area contributed by atoms with Gasteiger partial charge in [0.15, 0.2) is 5.82 Å². The van der Waals surface area contributed by atoms with Crippen LogP contribution in [0.15, 0.2) is 24.3 Å². The molecule has 20 heavy (non-hydrogen) atoms. The zero-order valence-corrected chi connectivity index (χ0v) is 11.3. The lowest BCUT2D eigenvalue weighted by molar-refractivity contribution is -0.135. The van der Waals surface area contributed by atoms with E-state index in [1.54, 1.807) is 4.90 Å². The largest absolute Gasteiger partial charge is 0.383 e. The fourth-order valence-corrected chi connectivity index (χ4v) is 2.44. The highest BCUT2D eigenvalue weighted by molar-refractivity contribution is 5.87. The van der Waals surface area contributed by atoms with Crippen LogP contribution in [-0.4, -0.2) is 39.9 Å². The summed E-state index contributed by atoms with van der Waals surface area (Å²) in [5.41, 5.74) is 6.77. The number of benzene rings is 1. The molecular formula is C14H17N5O. The molecule has 1 aromatic heterocycles. The van der Waals surface area contributed by atoms with E-state index in [9.17, 15) is 4.79 Å². The van der Waals surface area contributed by atoms with Gasteiger partial charge in [0, 0.05) is 18.5 Å². The zero-order valence-electron chi connectivity index (χ0n) is 11.3. The second-order valence-electron chi connectivity index (χ2n) is 4.98. The number of rotatable bonds is 2. The third-order valence-electron chi connectivity index (χ3n) is 3.53. The maximum absolute atomic E-state index is 12.1. The summed E-state index contributed by atoms with van der Waals surface area (Å²) in [6.45, 7) is 3.72. The summed E-state index contributed by atoms with van der Waals surface area (Å²) in [4.78, 5) is 22.6. The number of nitrogens with zero attached hydrogens (tertiary/aromatic N) is 3. The Morgan fingerprint density at radius 3 is 3.05 bits per heavy atom. The topological polar surface area (TPSA) is 84.1 Å². The van der Waals surface area contributed by atoms with Crippen molar-refractivity contribution in [1.29, 1.82) is 0 Å². The number of nitrogens with two attached hydrogens (primary N) is 1. The minimum atomic E-state index is -0.151. The first-order valence-corrected chi connectivity index (χ1v) is 6.68. The minimum Gasteiger partial charge on any atom is -0.383 e. The number of amides is 1. The van der Waals surface area contributed by atoms with Gasteiger partial charge >= 0.3 is 0 Å². The van der Waals surface area contributed by atoms with E-state index in [1.807, 2.05) is 31.2 Å². The van der Waals surface area contributed by atoms with Gasteiger partial charge in [0.2, 0.25) is 5.91 Å². The predicted molar refractivity (Wildman–Crippen MR) is 76.8 cm³/mol. The molecule has 6 heteroatoms. The SMILES string of the molecule is CC1NCCN(Cc2nc(N)c3ccccc3n2)C1=O. The molecule has 0 bridgehead atoms. The number of nitrogens with one attached hydrogen (secondary N) is 1. The fraction of sp³-hybridized carbons (Fsp3) is 0.357. The van der Waals surface area contributed by atoms with E-state index in [-0.39, 0.29) is 11.9 Å². The van der Waals surface area contributed by atoms with Gasteiger partial charge in [0.25, 0.3) is 0 Å². The number of para-hydroxylation sites is 1. The summed E-state index contributed by atoms with van der Waals surface area (Å²) in [6, 6.07) is 7.47. The van der Waals surface area contributed by atoms with E-state index in [1.165, 1.54) is 0 Å². The Morgan fingerprint density at radius 2 is 2.20 bits per heavy atom. The van der Waals surface area contributed by atoms with Crippen LogP contribution in [0.2, 0.25) is 0 Å². The number of aromatic nitrogens is 2. The first-order chi connectivity index (χ1) is 9.65. The lowest BCUT2D eigenvalue weighted by atomic mass is 10.2. The molecule has 1 aliphatic rings. The molecule has 2 aromatic rings. The molecule has 1 aliphatic heterocycles. The van der Waals surface area contributed by atoms with Gasteiger partial charge in [-0.15, -0.1) is 0 Å². The van der Waals surface area contributed by atoms with Crippen molar-refractivity contribution in [3.63, 3.8) is 0 Å². The Kier molecular flexibility index (Phi) is 3.23. The first kappa shape index (κ1) is 12.8. The number of hydrogen-bond donors (Lipinski definition) is 2. The third kappa shape index (κ3) is 2.30. The third-order valence-corrected chi connectivity index (χ3v) is 3.53. The molecule has 1 saturated heterocycles. The van der Waals surface area contributed by atoms with Crippen LogP contribution in [-0.2, 0) is 11.3 Å². The summed E-state index contributed by atoms with van der Waals surface area (Å²) in [6.07, 6.45) is 0. The van der Waals surface area contributed by atoms with Gasteiger partial charge in [-0.2, -0.15) is 0 Å². The van der Waals surface area contributed by atoms with Crippen molar-refractivity contribution in [3.8, 4) is 0 Å². The average molecular weight is 271 g/mol.